The molecule has 0 saturated carbocycles. The van der Waals surface area contributed by atoms with E-state index in [1.807, 2.05) is 0 Å². The summed E-state index contributed by atoms with van der Waals surface area (Å²) < 4.78 is 0. The van der Waals surface area contributed by atoms with Crippen LogP contribution in [0.3, 0.4) is 0 Å². The minimum Gasteiger partial charge on any atom is -0.365 e. The summed E-state index contributed by atoms with van der Waals surface area (Å²) in [5.74, 6) is -0.730. The van der Waals surface area contributed by atoms with Crippen molar-refractivity contribution in [1.29, 1.82) is 5.26 Å². The largest absolute Gasteiger partial charge is 0.365 e. The van der Waals surface area contributed by atoms with E-state index in [1.54, 1.807) is 30.6 Å². The zero-order chi connectivity index (χ0) is 9.68. The first-order chi connectivity index (χ1) is 6.24. The Kier molecular flexibility index (Phi) is 2.77. The average Bonchev–Trinajstić information content (AvgIpc) is 2.15. The van der Waals surface area contributed by atoms with Crippen molar-refractivity contribution in [2.45, 2.75) is 0 Å². The maximum absolute atomic E-state index is 10.6. The highest BCUT2D eigenvalue weighted by Crippen LogP contribution is 2.03. The van der Waals surface area contributed by atoms with Gasteiger partial charge < -0.3 is 5.73 Å². The zero-order valence-corrected chi connectivity index (χ0v) is 6.77. The molecule has 0 aliphatic carbocycles. The molecule has 0 aromatic carbocycles. The molecule has 13 heavy (non-hydrogen) atoms. The highest BCUT2D eigenvalue weighted by Gasteiger charge is 2.02. The molecule has 0 fully saturated rings. The van der Waals surface area contributed by atoms with Crippen LogP contribution in [0.2, 0.25) is 0 Å². The van der Waals surface area contributed by atoms with Crippen molar-refractivity contribution in [3.63, 3.8) is 0 Å². The van der Waals surface area contributed by atoms with Crippen LogP contribution in [0.25, 0.3) is 6.08 Å². The molecule has 1 aromatic rings. The van der Waals surface area contributed by atoms with Gasteiger partial charge in [0.15, 0.2) is 0 Å². The SMILES string of the molecule is N#C/C(=C/c1cccnc1)C(N)=O. The van der Waals surface area contributed by atoms with Gasteiger partial charge in [0, 0.05) is 12.4 Å². The molecule has 0 aliphatic rings. The number of rotatable bonds is 2. The summed E-state index contributed by atoms with van der Waals surface area (Å²) in [7, 11) is 0. The van der Waals surface area contributed by atoms with Crippen LogP contribution in [0.1, 0.15) is 5.56 Å². The summed E-state index contributed by atoms with van der Waals surface area (Å²) in [5.41, 5.74) is 5.55. The van der Waals surface area contributed by atoms with Crippen LogP contribution in [0, 0.1) is 11.3 Å². The van der Waals surface area contributed by atoms with E-state index in [-0.39, 0.29) is 5.57 Å². The second kappa shape index (κ2) is 4.02. The Bertz CT molecular complexity index is 376. The summed E-state index contributed by atoms with van der Waals surface area (Å²) >= 11 is 0. The van der Waals surface area contributed by atoms with Crippen molar-refractivity contribution in [1.82, 2.24) is 4.98 Å². The van der Waals surface area contributed by atoms with Crippen LogP contribution in [-0.2, 0) is 4.79 Å². The quantitative estimate of drug-likeness (QED) is 0.521. The number of nitrogens with zero attached hydrogens (tertiary/aromatic N) is 2. The lowest BCUT2D eigenvalue weighted by Gasteiger charge is -1.92. The highest BCUT2D eigenvalue weighted by atomic mass is 16.1. The van der Waals surface area contributed by atoms with Crippen molar-refractivity contribution in [3.8, 4) is 6.07 Å². The molecule has 0 saturated heterocycles. The number of amides is 1. The van der Waals surface area contributed by atoms with Crippen molar-refractivity contribution < 1.29 is 4.79 Å². The lowest BCUT2D eigenvalue weighted by Crippen LogP contribution is -2.12. The molecule has 1 amide bonds. The maximum Gasteiger partial charge on any atom is 0.259 e. The van der Waals surface area contributed by atoms with E-state index in [2.05, 4.69) is 4.98 Å². The molecule has 0 atom stereocenters. The number of hydrogen-bond donors (Lipinski definition) is 1. The first-order valence-electron chi connectivity index (χ1n) is 3.55. The minimum atomic E-state index is -0.730. The van der Waals surface area contributed by atoms with Crippen molar-refractivity contribution >= 4 is 12.0 Å². The molecule has 0 bridgehead atoms. The standard InChI is InChI=1S/C9H7N3O/c10-5-8(9(11)13)4-7-2-1-3-12-6-7/h1-4,6H,(H2,11,13)/b8-4-. The Morgan fingerprint density at radius 3 is 2.92 bits per heavy atom. The Hall–Kier alpha value is -2.15. The first-order valence-corrected chi connectivity index (χ1v) is 3.55. The van der Waals surface area contributed by atoms with E-state index in [0.29, 0.717) is 5.56 Å². The average molecular weight is 173 g/mol. The van der Waals surface area contributed by atoms with E-state index >= 15 is 0 Å². The molecular weight excluding hydrogens is 166 g/mol. The summed E-state index contributed by atoms with van der Waals surface area (Å²) in [5, 5.41) is 8.52. The highest BCUT2D eigenvalue weighted by molar-refractivity contribution is 6.00. The summed E-state index contributed by atoms with van der Waals surface area (Å²) in [6, 6.07) is 5.15. The molecule has 0 radical (unpaired) electrons. The normalized spacial score (nSPS) is 10.5. The number of carbonyl (C=O) groups excluding carboxylic acids is 1. The number of nitriles is 1. The number of hydrogen-bond acceptors (Lipinski definition) is 3. The molecule has 4 nitrogen and oxygen atoms in total. The van der Waals surface area contributed by atoms with Crippen molar-refractivity contribution in [2.75, 3.05) is 0 Å². The fourth-order valence-electron chi connectivity index (χ4n) is 0.787. The number of aromatic nitrogens is 1. The molecule has 1 rings (SSSR count). The molecule has 1 heterocycles. The van der Waals surface area contributed by atoms with Gasteiger partial charge in [-0.3, -0.25) is 9.78 Å². The Balaban J connectivity index is 3.01. The second-order valence-electron chi connectivity index (χ2n) is 2.32. The van der Waals surface area contributed by atoms with E-state index in [1.165, 1.54) is 6.08 Å². The molecule has 64 valence electrons. The first kappa shape index (κ1) is 8.94. The minimum absolute atomic E-state index is 0.0759. The van der Waals surface area contributed by atoms with Crippen LogP contribution in [0.15, 0.2) is 30.1 Å². The fraction of sp³-hybridized carbons (Fsp3) is 0. The summed E-state index contributed by atoms with van der Waals surface area (Å²) in [6.45, 7) is 0. The van der Waals surface area contributed by atoms with Crippen molar-refractivity contribution in [3.05, 3.63) is 35.7 Å². The predicted molar refractivity (Wildman–Crippen MR) is 47.0 cm³/mol. The number of nitrogens with two attached hydrogens (primary N) is 1. The van der Waals surface area contributed by atoms with Crippen LogP contribution in [0.4, 0.5) is 0 Å². The fourth-order valence-corrected chi connectivity index (χ4v) is 0.787. The molecular formula is C9H7N3O. The van der Waals surface area contributed by atoms with Gasteiger partial charge in [0.25, 0.3) is 5.91 Å². The van der Waals surface area contributed by atoms with Crippen LogP contribution < -0.4 is 5.73 Å². The van der Waals surface area contributed by atoms with Gasteiger partial charge >= 0.3 is 0 Å². The van der Waals surface area contributed by atoms with Gasteiger partial charge in [-0.25, -0.2) is 0 Å². The number of pyridine rings is 1. The topological polar surface area (TPSA) is 79.8 Å². The van der Waals surface area contributed by atoms with Gasteiger partial charge in [-0.15, -0.1) is 0 Å². The second-order valence-corrected chi connectivity index (χ2v) is 2.32. The molecule has 0 spiro atoms. The van der Waals surface area contributed by atoms with E-state index in [0.717, 1.165) is 0 Å². The lowest BCUT2D eigenvalue weighted by atomic mass is 10.2. The molecule has 2 N–H and O–H groups in total. The molecule has 0 unspecified atom stereocenters. The van der Waals surface area contributed by atoms with Gasteiger partial charge in [0.1, 0.15) is 11.6 Å². The third-order valence-corrected chi connectivity index (χ3v) is 1.38. The molecule has 1 aromatic heterocycles. The van der Waals surface area contributed by atoms with Crippen molar-refractivity contribution in [2.24, 2.45) is 5.73 Å². The zero-order valence-electron chi connectivity index (χ0n) is 6.77. The van der Waals surface area contributed by atoms with E-state index < -0.39 is 5.91 Å². The maximum atomic E-state index is 10.6. The van der Waals surface area contributed by atoms with E-state index in [9.17, 15) is 4.79 Å². The predicted octanol–water partition coefficient (Wildman–Crippen LogP) is 0.474. The van der Waals surface area contributed by atoms with Crippen LogP contribution in [-0.4, -0.2) is 10.9 Å². The van der Waals surface area contributed by atoms with Gasteiger partial charge in [-0.05, 0) is 17.7 Å². The van der Waals surface area contributed by atoms with Gasteiger partial charge in [-0.1, -0.05) is 6.07 Å². The Labute approximate surface area is 75.3 Å². The van der Waals surface area contributed by atoms with Gasteiger partial charge in [0.05, 0.1) is 0 Å². The third kappa shape index (κ3) is 2.42. The van der Waals surface area contributed by atoms with Gasteiger partial charge in [-0.2, -0.15) is 5.26 Å². The summed E-state index contributed by atoms with van der Waals surface area (Å²) in [6.07, 6.45) is 4.54. The lowest BCUT2D eigenvalue weighted by molar-refractivity contribution is -0.114. The molecule has 4 heteroatoms. The van der Waals surface area contributed by atoms with Gasteiger partial charge in [0.2, 0.25) is 0 Å². The number of primary amides is 1. The summed E-state index contributed by atoms with van der Waals surface area (Å²) in [4.78, 5) is 14.5. The monoisotopic (exact) mass is 173 g/mol. The van der Waals surface area contributed by atoms with E-state index in [4.69, 9.17) is 11.0 Å². The molecule has 0 aliphatic heterocycles. The smallest absolute Gasteiger partial charge is 0.259 e. The van der Waals surface area contributed by atoms with Crippen LogP contribution in [0.5, 0.6) is 0 Å². The Morgan fingerprint density at radius 1 is 1.69 bits per heavy atom. The Morgan fingerprint density at radius 2 is 2.46 bits per heavy atom. The van der Waals surface area contributed by atoms with Crippen LogP contribution >= 0.6 is 0 Å². The number of carbonyl (C=O) groups is 1. The third-order valence-electron chi connectivity index (χ3n) is 1.38.